The Labute approximate surface area is 187 Å². The van der Waals surface area contributed by atoms with E-state index in [1.54, 1.807) is 12.1 Å². The van der Waals surface area contributed by atoms with Crippen LogP contribution in [-0.4, -0.2) is 44.1 Å². The molecule has 1 saturated carbocycles. The third-order valence-corrected chi connectivity index (χ3v) is 8.14. The summed E-state index contributed by atoms with van der Waals surface area (Å²) >= 11 is 0. The van der Waals surface area contributed by atoms with Gasteiger partial charge < -0.3 is 10.4 Å². The monoisotopic (exact) mass is 444 g/mol. The highest BCUT2D eigenvalue weighted by Gasteiger charge is 2.42. The van der Waals surface area contributed by atoms with Gasteiger partial charge in [0.15, 0.2) is 0 Å². The first-order valence-electron chi connectivity index (χ1n) is 11.2. The summed E-state index contributed by atoms with van der Waals surface area (Å²) in [5.41, 5.74) is 2.27. The SMILES string of the molecule is CNC1(c2ccc(S(=O)(=O)N(CC(C)C)CC(O)C(C)Cc3ccccc3)cc2)CC1. The molecule has 2 N–H and O–H groups in total. The number of nitrogens with one attached hydrogen (secondary N) is 1. The van der Waals surface area contributed by atoms with Crippen LogP contribution in [0.4, 0.5) is 0 Å². The highest BCUT2D eigenvalue weighted by molar-refractivity contribution is 7.89. The maximum absolute atomic E-state index is 13.4. The third-order valence-electron chi connectivity index (χ3n) is 6.29. The minimum atomic E-state index is -3.69. The van der Waals surface area contributed by atoms with Crippen molar-refractivity contribution in [2.75, 3.05) is 20.1 Å². The van der Waals surface area contributed by atoms with E-state index in [2.05, 4.69) is 5.32 Å². The van der Waals surface area contributed by atoms with Gasteiger partial charge in [-0.15, -0.1) is 0 Å². The van der Waals surface area contributed by atoms with Crippen molar-refractivity contribution in [1.29, 1.82) is 0 Å². The van der Waals surface area contributed by atoms with E-state index in [0.29, 0.717) is 13.0 Å². The van der Waals surface area contributed by atoms with Crippen LogP contribution in [0.5, 0.6) is 0 Å². The molecule has 0 saturated heterocycles. The second kappa shape index (κ2) is 9.82. The maximum Gasteiger partial charge on any atom is 0.243 e. The number of benzene rings is 2. The molecule has 0 heterocycles. The quantitative estimate of drug-likeness (QED) is 0.553. The molecule has 0 aliphatic heterocycles. The molecule has 0 radical (unpaired) electrons. The molecule has 0 spiro atoms. The third kappa shape index (κ3) is 5.75. The number of sulfonamides is 1. The molecule has 0 aromatic heterocycles. The molecule has 2 aromatic carbocycles. The summed E-state index contributed by atoms with van der Waals surface area (Å²) in [6.07, 6.45) is 2.10. The van der Waals surface area contributed by atoms with E-state index in [-0.39, 0.29) is 28.8 Å². The summed E-state index contributed by atoms with van der Waals surface area (Å²) in [6, 6.07) is 17.2. The van der Waals surface area contributed by atoms with Gasteiger partial charge in [0, 0.05) is 18.6 Å². The van der Waals surface area contributed by atoms with Crippen LogP contribution in [0.2, 0.25) is 0 Å². The average molecular weight is 445 g/mol. The summed E-state index contributed by atoms with van der Waals surface area (Å²) in [7, 11) is -1.75. The highest BCUT2D eigenvalue weighted by atomic mass is 32.2. The van der Waals surface area contributed by atoms with Crippen LogP contribution < -0.4 is 5.32 Å². The molecule has 1 fully saturated rings. The Kier molecular flexibility index (Phi) is 7.58. The van der Waals surface area contributed by atoms with E-state index < -0.39 is 16.1 Å². The van der Waals surface area contributed by atoms with Gasteiger partial charge in [0.2, 0.25) is 10.0 Å². The molecule has 1 aliphatic rings. The Hall–Kier alpha value is -1.73. The molecule has 31 heavy (non-hydrogen) atoms. The predicted molar refractivity (Wildman–Crippen MR) is 125 cm³/mol. The molecule has 5 nitrogen and oxygen atoms in total. The second-order valence-corrected chi connectivity index (χ2v) is 11.2. The van der Waals surface area contributed by atoms with Gasteiger partial charge in [-0.25, -0.2) is 8.42 Å². The van der Waals surface area contributed by atoms with Crippen molar-refractivity contribution < 1.29 is 13.5 Å². The van der Waals surface area contributed by atoms with Gasteiger partial charge in [0.05, 0.1) is 11.0 Å². The first-order valence-corrected chi connectivity index (χ1v) is 12.6. The van der Waals surface area contributed by atoms with Gasteiger partial charge in [-0.1, -0.05) is 63.2 Å². The maximum atomic E-state index is 13.4. The van der Waals surface area contributed by atoms with E-state index in [1.807, 2.05) is 70.3 Å². The summed E-state index contributed by atoms with van der Waals surface area (Å²) in [4.78, 5) is 0.284. The van der Waals surface area contributed by atoms with Gasteiger partial charge in [-0.05, 0) is 61.4 Å². The van der Waals surface area contributed by atoms with Crippen LogP contribution in [-0.2, 0) is 22.0 Å². The van der Waals surface area contributed by atoms with Crippen molar-refractivity contribution >= 4 is 10.0 Å². The lowest BCUT2D eigenvalue weighted by Crippen LogP contribution is -2.42. The number of rotatable bonds is 11. The Morgan fingerprint density at radius 2 is 1.61 bits per heavy atom. The molecule has 170 valence electrons. The Morgan fingerprint density at radius 1 is 1.00 bits per heavy atom. The zero-order chi connectivity index (χ0) is 22.6. The summed E-state index contributed by atoms with van der Waals surface area (Å²) < 4.78 is 28.3. The van der Waals surface area contributed by atoms with Gasteiger partial charge in [0.1, 0.15) is 0 Å². The van der Waals surface area contributed by atoms with Crippen LogP contribution in [0.15, 0.2) is 59.5 Å². The van der Waals surface area contributed by atoms with Crippen LogP contribution in [0.3, 0.4) is 0 Å². The fourth-order valence-electron chi connectivity index (χ4n) is 4.09. The van der Waals surface area contributed by atoms with Crippen molar-refractivity contribution in [2.45, 2.75) is 56.6 Å². The van der Waals surface area contributed by atoms with E-state index in [1.165, 1.54) is 4.31 Å². The summed E-state index contributed by atoms with van der Waals surface area (Å²) in [5.74, 6) is 0.102. The van der Waals surface area contributed by atoms with Crippen molar-refractivity contribution in [3.63, 3.8) is 0 Å². The van der Waals surface area contributed by atoms with E-state index in [0.717, 1.165) is 24.0 Å². The summed E-state index contributed by atoms with van der Waals surface area (Å²) in [6.45, 7) is 6.43. The van der Waals surface area contributed by atoms with Crippen molar-refractivity contribution in [1.82, 2.24) is 9.62 Å². The molecule has 0 bridgehead atoms. The number of aliphatic hydroxyl groups excluding tert-OH is 1. The minimum Gasteiger partial charge on any atom is -0.391 e. The van der Waals surface area contributed by atoms with Gasteiger partial charge in [0.25, 0.3) is 0 Å². The van der Waals surface area contributed by atoms with Crippen molar-refractivity contribution in [3.8, 4) is 0 Å². The molecule has 3 rings (SSSR count). The lowest BCUT2D eigenvalue weighted by atomic mass is 9.96. The summed E-state index contributed by atoms with van der Waals surface area (Å²) in [5, 5.41) is 14.2. The van der Waals surface area contributed by atoms with E-state index in [9.17, 15) is 13.5 Å². The van der Waals surface area contributed by atoms with E-state index in [4.69, 9.17) is 0 Å². The zero-order valence-electron chi connectivity index (χ0n) is 19.1. The lowest BCUT2D eigenvalue weighted by Gasteiger charge is -2.29. The lowest BCUT2D eigenvalue weighted by molar-refractivity contribution is 0.0919. The van der Waals surface area contributed by atoms with E-state index >= 15 is 0 Å². The Morgan fingerprint density at radius 3 is 2.13 bits per heavy atom. The largest absolute Gasteiger partial charge is 0.391 e. The smallest absolute Gasteiger partial charge is 0.243 e. The second-order valence-electron chi connectivity index (χ2n) is 9.31. The number of hydrogen-bond donors (Lipinski definition) is 2. The van der Waals surface area contributed by atoms with Crippen LogP contribution >= 0.6 is 0 Å². The normalized spacial score (nSPS) is 17.6. The van der Waals surface area contributed by atoms with Crippen molar-refractivity contribution in [2.24, 2.45) is 11.8 Å². The first kappa shape index (κ1) is 23.9. The topological polar surface area (TPSA) is 69.6 Å². The number of aliphatic hydroxyl groups is 1. The average Bonchev–Trinajstić information content (AvgIpc) is 3.55. The van der Waals surface area contributed by atoms with Gasteiger partial charge >= 0.3 is 0 Å². The van der Waals surface area contributed by atoms with Crippen LogP contribution in [0.25, 0.3) is 0 Å². The molecule has 6 heteroatoms. The first-order chi connectivity index (χ1) is 14.7. The fraction of sp³-hybridized carbons (Fsp3) is 0.520. The molecule has 2 atom stereocenters. The molecular formula is C25H36N2O3S. The standard InChI is InChI=1S/C25H36N2O3S/c1-19(2)17-27(18-24(28)20(3)16-21-8-6-5-7-9-21)31(29,30)23-12-10-22(11-13-23)25(26-4)14-15-25/h5-13,19-20,24,26,28H,14-18H2,1-4H3. The molecule has 0 amide bonds. The zero-order valence-corrected chi connectivity index (χ0v) is 19.9. The predicted octanol–water partition coefficient (Wildman–Crippen LogP) is 3.78. The molecule has 1 aliphatic carbocycles. The van der Waals surface area contributed by atoms with Crippen LogP contribution in [0.1, 0.15) is 44.7 Å². The van der Waals surface area contributed by atoms with Crippen LogP contribution in [0, 0.1) is 11.8 Å². The van der Waals surface area contributed by atoms with Crippen molar-refractivity contribution in [3.05, 3.63) is 65.7 Å². The Balaban J connectivity index is 1.75. The highest BCUT2D eigenvalue weighted by Crippen LogP contribution is 2.45. The molecular weight excluding hydrogens is 408 g/mol. The van der Waals surface area contributed by atoms with Gasteiger partial charge in [-0.3, -0.25) is 0 Å². The fourth-order valence-corrected chi connectivity index (χ4v) is 5.71. The molecule has 2 aromatic rings. The van der Waals surface area contributed by atoms with Gasteiger partial charge in [-0.2, -0.15) is 4.31 Å². The minimum absolute atomic E-state index is 0.00295. The molecule has 2 unspecified atom stereocenters. The number of hydrogen-bond acceptors (Lipinski definition) is 4. The number of nitrogens with zero attached hydrogens (tertiary/aromatic N) is 1. The Bertz CT molecular complexity index is 938.